The van der Waals surface area contributed by atoms with Crippen LogP contribution in [0.4, 0.5) is 13.2 Å². The van der Waals surface area contributed by atoms with Crippen molar-refractivity contribution in [2.45, 2.75) is 32.6 Å². The standard InChI is InChI=1S/C10H18F3N5/c1-2-4-18-9(15-8-16-18)6-17(5-3-14)7-10(11,12)13/h8H,2-7,14H2,1H3. The van der Waals surface area contributed by atoms with Crippen LogP contribution in [-0.2, 0) is 13.1 Å². The maximum atomic E-state index is 12.4. The Morgan fingerprint density at radius 2 is 2.17 bits per heavy atom. The van der Waals surface area contributed by atoms with Crippen LogP contribution in [0, 0.1) is 0 Å². The van der Waals surface area contributed by atoms with Gasteiger partial charge in [0, 0.05) is 19.6 Å². The lowest BCUT2D eigenvalue weighted by Crippen LogP contribution is -2.37. The molecule has 5 nitrogen and oxygen atoms in total. The third-order valence-electron chi connectivity index (χ3n) is 2.34. The van der Waals surface area contributed by atoms with Crippen LogP contribution in [0.2, 0.25) is 0 Å². The Bertz CT molecular complexity index is 350. The normalized spacial score (nSPS) is 12.3. The maximum absolute atomic E-state index is 12.4. The molecule has 0 bridgehead atoms. The number of rotatable bonds is 7. The fraction of sp³-hybridized carbons (Fsp3) is 0.800. The van der Waals surface area contributed by atoms with Gasteiger partial charge in [-0.3, -0.25) is 4.90 Å². The lowest BCUT2D eigenvalue weighted by Gasteiger charge is -2.22. The molecule has 104 valence electrons. The van der Waals surface area contributed by atoms with Crippen molar-refractivity contribution in [1.29, 1.82) is 0 Å². The zero-order valence-corrected chi connectivity index (χ0v) is 10.3. The fourth-order valence-electron chi connectivity index (χ4n) is 1.66. The summed E-state index contributed by atoms with van der Waals surface area (Å²) in [6.45, 7) is 2.10. The van der Waals surface area contributed by atoms with E-state index in [1.165, 1.54) is 11.2 Å². The molecule has 1 aromatic heterocycles. The van der Waals surface area contributed by atoms with Crippen LogP contribution in [0.25, 0.3) is 0 Å². The summed E-state index contributed by atoms with van der Waals surface area (Å²) in [5.41, 5.74) is 5.32. The van der Waals surface area contributed by atoms with E-state index in [2.05, 4.69) is 10.1 Å². The summed E-state index contributed by atoms with van der Waals surface area (Å²) in [7, 11) is 0. The van der Waals surface area contributed by atoms with E-state index in [0.717, 1.165) is 6.42 Å². The number of hydrogen-bond acceptors (Lipinski definition) is 4. The minimum atomic E-state index is -4.23. The van der Waals surface area contributed by atoms with Crippen molar-refractivity contribution in [1.82, 2.24) is 19.7 Å². The van der Waals surface area contributed by atoms with Crippen LogP contribution in [0.1, 0.15) is 19.2 Å². The highest BCUT2D eigenvalue weighted by molar-refractivity contribution is 4.85. The van der Waals surface area contributed by atoms with E-state index in [9.17, 15) is 13.2 Å². The maximum Gasteiger partial charge on any atom is 0.401 e. The number of hydrogen-bond donors (Lipinski definition) is 1. The van der Waals surface area contributed by atoms with Gasteiger partial charge in [-0.25, -0.2) is 9.67 Å². The quantitative estimate of drug-likeness (QED) is 0.799. The predicted molar refractivity (Wildman–Crippen MR) is 60.7 cm³/mol. The SMILES string of the molecule is CCCn1ncnc1CN(CCN)CC(F)(F)F. The van der Waals surface area contributed by atoms with Crippen LogP contribution in [-0.4, -0.2) is 45.5 Å². The van der Waals surface area contributed by atoms with Gasteiger partial charge >= 0.3 is 6.18 Å². The smallest absolute Gasteiger partial charge is 0.329 e. The summed E-state index contributed by atoms with van der Waals surface area (Å²) < 4.78 is 38.8. The van der Waals surface area contributed by atoms with Gasteiger partial charge < -0.3 is 5.73 Å². The molecule has 1 heterocycles. The highest BCUT2D eigenvalue weighted by Crippen LogP contribution is 2.17. The Morgan fingerprint density at radius 3 is 2.72 bits per heavy atom. The first-order chi connectivity index (χ1) is 8.46. The molecular weight excluding hydrogens is 247 g/mol. The molecule has 0 atom stereocenters. The molecule has 0 amide bonds. The van der Waals surface area contributed by atoms with E-state index in [1.54, 1.807) is 4.68 Å². The number of nitrogens with two attached hydrogens (primary N) is 1. The van der Waals surface area contributed by atoms with Gasteiger partial charge in [0.1, 0.15) is 12.2 Å². The number of aromatic nitrogens is 3. The van der Waals surface area contributed by atoms with Gasteiger partial charge in [-0.15, -0.1) is 0 Å². The topological polar surface area (TPSA) is 60.0 Å². The van der Waals surface area contributed by atoms with Crippen LogP contribution < -0.4 is 5.73 Å². The number of aryl methyl sites for hydroxylation is 1. The molecule has 0 radical (unpaired) electrons. The molecule has 18 heavy (non-hydrogen) atoms. The molecule has 0 aliphatic carbocycles. The molecule has 0 aromatic carbocycles. The van der Waals surface area contributed by atoms with Gasteiger partial charge in [-0.2, -0.15) is 18.3 Å². The highest BCUT2D eigenvalue weighted by Gasteiger charge is 2.30. The van der Waals surface area contributed by atoms with Crippen molar-refractivity contribution in [3.05, 3.63) is 12.2 Å². The van der Waals surface area contributed by atoms with Crippen molar-refractivity contribution in [3.8, 4) is 0 Å². The molecule has 2 N–H and O–H groups in total. The first-order valence-corrected chi connectivity index (χ1v) is 5.82. The largest absolute Gasteiger partial charge is 0.401 e. The van der Waals surface area contributed by atoms with E-state index >= 15 is 0 Å². The van der Waals surface area contributed by atoms with Crippen LogP contribution in [0.15, 0.2) is 6.33 Å². The van der Waals surface area contributed by atoms with Crippen molar-refractivity contribution < 1.29 is 13.2 Å². The van der Waals surface area contributed by atoms with Crippen molar-refractivity contribution >= 4 is 0 Å². The molecule has 0 aliphatic rings. The third kappa shape index (κ3) is 5.01. The second kappa shape index (κ2) is 6.69. The zero-order valence-electron chi connectivity index (χ0n) is 10.3. The van der Waals surface area contributed by atoms with E-state index in [1.807, 2.05) is 6.92 Å². The summed E-state index contributed by atoms with van der Waals surface area (Å²) in [6.07, 6.45) is -2.02. The summed E-state index contributed by atoms with van der Waals surface area (Å²) in [4.78, 5) is 5.22. The first-order valence-electron chi connectivity index (χ1n) is 5.82. The van der Waals surface area contributed by atoms with Crippen molar-refractivity contribution in [2.24, 2.45) is 5.73 Å². The Morgan fingerprint density at radius 1 is 1.44 bits per heavy atom. The first kappa shape index (κ1) is 14.9. The lowest BCUT2D eigenvalue weighted by molar-refractivity contribution is -0.147. The number of alkyl halides is 3. The van der Waals surface area contributed by atoms with E-state index in [0.29, 0.717) is 12.4 Å². The average Bonchev–Trinajstić information content (AvgIpc) is 2.64. The van der Waals surface area contributed by atoms with Crippen LogP contribution in [0.3, 0.4) is 0 Å². The Kier molecular flexibility index (Phi) is 5.54. The van der Waals surface area contributed by atoms with E-state index < -0.39 is 12.7 Å². The van der Waals surface area contributed by atoms with Crippen molar-refractivity contribution in [2.75, 3.05) is 19.6 Å². The molecule has 0 fully saturated rings. The second-order valence-electron chi connectivity index (χ2n) is 4.01. The monoisotopic (exact) mass is 265 g/mol. The molecule has 0 saturated heterocycles. The predicted octanol–water partition coefficient (Wildman–Crippen LogP) is 1.01. The number of nitrogens with zero attached hydrogens (tertiary/aromatic N) is 4. The van der Waals surface area contributed by atoms with Crippen LogP contribution in [0.5, 0.6) is 0 Å². The summed E-state index contributed by atoms with van der Waals surface area (Å²) in [5.74, 6) is 0.537. The molecular formula is C10H18F3N5. The zero-order chi connectivity index (χ0) is 13.6. The molecule has 1 rings (SSSR count). The number of halogens is 3. The molecule has 0 aliphatic heterocycles. The summed E-state index contributed by atoms with van der Waals surface area (Å²) >= 11 is 0. The lowest BCUT2D eigenvalue weighted by atomic mass is 10.4. The third-order valence-corrected chi connectivity index (χ3v) is 2.34. The molecule has 8 heteroatoms. The fourth-order valence-corrected chi connectivity index (χ4v) is 1.66. The summed E-state index contributed by atoms with van der Waals surface area (Å²) in [5, 5.41) is 3.98. The molecule has 0 spiro atoms. The summed E-state index contributed by atoms with van der Waals surface area (Å²) in [6, 6.07) is 0. The minimum absolute atomic E-state index is 0.108. The Balaban J connectivity index is 2.67. The van der Waals surface area contributed by atoms with Gasteiger partial charge in [0.2, 0.25) is 0 Å². The highest BCUT2D eigenvalue weighted by atomic mass is 19.4. The Labute approximate surface area is 104 Å². The average molecular weight is 265 g/mol. The molecule has 0 unspecified atom stereocenters. The van der Waals surface area contributed by atoms with Gasteiger partial charge in [0.15, 0.2) is 0 Å². The van der Waals surface area contributed by atoms with E-state index in [4.69, 9.17) is 5.73 Å². The molecule has 0 saturated carbocycles. The minimum Gasteiger partial charge on any atom is -0.329 e. The van der Waals surface area contributed by atoms with Gasteiger partial charge in [-0.05, 0) is 6.42 Å². The van der Waals surface area contributed by atoms with Gasteiger partial charge in [-0.1, -0.05) is 6.92 Å². The Hall–Kier alpha value is -1.15. The second-order valence-corrected chi connectivity index (χ2v) is 4.01. The van der Waals surface area contributed by atoms with Crippen molar-refractivity contribution in [3.63, 3.8) is 0 Å². The molecule has 1 aromatic rings. The van der Waals surface area contributed by atoms with Gasteiger partial charge in [0.25, 0.3) is 0 Å². The van der Waals surface area contributed by atoms with E-state index in [-0.39, 0.29) is 19.6 Å². The van der Waals surface area contributed by atoms with Crippen LogP contribution >= 0.6 is 0 Å². The van der Waals surface area contributed by atoms with Gasteiger partial charge in [0.05, 0.1) is 13.1 Å².